The Hall–Kier alpha value is -1.69. The van der Waals surface area contributed by atoms with Gasteiger partial charge in [0.05, 0.1) is 0 Å². The number of rotatable bonds is 4. The molecule has 110 valence electrons. The lowest BCUT2D eigenvalue weighted by molar-refractivity contribution is -0.0498. The molecule has 20 heavy (non-hydrogen) atoms. The average Bonchev–Trinajstić information content (AvgIpc) is 2.79. The molecule has 0 aromatic heterocycles. The van der Waals surface area contributed by atoms with Crippen molar-refractivity contribution >= 4 is 5.91 Å². The topological polar surface area (TPSA) is 55.6 Å². The van der Waals surface area contributed by atoms with E-state index in [4.69, 9.17) is 5.73 Å². The van der Waals surface area contributed by atoms with Crippen LogP contribution in [0.15, 0.2) is 24.3 Å². The maximum Gasteiger partial charge on any atom is 0.387 e. The molecule has 1 aliphatic heterocycles. The van der Waals surface area contributed by atoms with E-state index in [2.05, 4.69) is 4.74 Å². The molecule has 2 rings (SSSR count). The SMILES string of the molecule is CC1CC(CN)CN1C(=O)c1ccc(OC(F)F)cc1. The molecule has 4 nitrogen and oxygen atoms in total. The highest BCUT2D eigenvalue weighted by atomic mass is 19.3. The lowest BCUT2D eigenvalue weighted by Gasteiger charge is -2.21. The summed E-state index contributed by atoms with van der Waals surface area (Å²) in [5.41, 5.74) is 6.11. The predicted octanol–water partition coefficient (Wildman–Crippen LogP) is 2.10. The van der Waals surface area contributed by atoms with Crippen LogP contribution in [0.2, 0.25) is 0 Å². The number of carbonyl (C=O) groups is 1. The van der Waals surface area contributed by atoms with E-state index in [0.717, 1.165) is 6.42 Å². The lowest BCUT2D eigenvalue weighted by atomic mass is 10.1. The van der Waals surface area contributed by atoms with Gasteiger partial charge in [-0.05, 0) is 50.1 Å². The summed E-state index contributed by atoms with van der Waals surface area (Å²) < 4.78 is 28.4. The monoisotopic (exact) mass is 284 g/mol. The number of hydrogen-bond acceptors (Lipinski definition) is 3. The van der Waals surface area contributed by atoms with Crippen molar-refractivity contribution in [3.8, 4) is 5.75 Å². The minimum absolute atomic E-state index is 0.0471. The number of nitrogens with zero attached hydrogens (tertiary/aromatic N) is 1. The fraction of sp³-hybridized carbons (Fsp3) is 0.500. The molecule has 0 saturated carbocycles. The molecule has 0 bridgehead atoms. The van der Waals surface area contributed by atoms with Gasteiger partial charge in [-0.2, -0.15) is 8.78 Å². The van der Waals surface area contributed by atoms with Gasteiger partial charge < -0.3 is 15.4 Å². The fourth-order valence-corrected chi connectivity index (χ4v) is 2.54. The largest absolute Gasteiger partial charge is 0.435 e. The van der Waals surface area contributed by atoms with Crippen molar-refractivity contribution in [1.29, 1.82) is 0 Å². The molecule has 1 amide bonds. The van der Waals surface area contributed by atoms with Gasteiger partial charge in [-0.3, -0.25) is 4.79 Å². The third-order valence-electron chi connectivity index (χ3n) is 3.58. The molecule has 1 aromatic rings. The maximum atomic E-state index is 12.3. The maximum absolute atomic E-state index is 12.3. The molecule has 6 heteroatoms. The van der Waals surface area contributed by atoms with Gasteiger partial charge in [0, 0.05) is 18.2 Å². The van der Waals surface area contributed by atoms with Gasteiger partial charge in [-0.1, -0.05) is 0 Å². The predicted molar refractivity (Wildman–Crippen MR) is 70.7 cm³/mol. The van der Waals surface area contributed by atoms with E-state index in [1.165, 1.54) is 24.3 Å². The number of amides is 1. The molecule has 2 unspecified atom stereocenters. The molecule has 1 aliphatic rings. The molecule has 0 aliphatic carbocycles. The molecule has 1 fully saturated rings. The van der Waals surface area contributed by atoms with Crippen LogP contribution in [-0.4, -0.2) is 36.5 Å². The van der Waals surface area contributed by atoms with Crippen molar-refractivity contribution < 1.29 is 18.3 Å². The summed E-state index contributed by atoms with van der Waals surface area (Å²) in [6.45, 7) is 0.337. The van der Waals surface area contributed by atoms with Crippen LogP contribution in [0.5, 0.6) is 5.75 Å². The summed E-state index contributed by atoms with van der Waals surface area (Å²) in [5, 5.41) is 0. The third kappa shape index (κ3) is 3.25. The molecular formula is C14H18F2N2O2. The van der Waals surface area contributed by atoms with E-state index < -0.39 is 6.61 Å². The van der Waals surface area contributed by atoms with Gasteiger partial charge in [0.25, 0.3) is 5.91 Å². The van der Waals surface area contributed by atoms with Crippen molar-refractivity contribution in [2.24, 2.45) is 11.7 Å². The first kappa shape index (κ1) is 14.7. The number of ether oxygens (including phenoxy) is 1. The highest BCUT2D eigenvalue weighted by Gasteiger charge is 2.31. The first-order valence-corrected chi connectivity index (χ1v) is 6.57. The van der Waals surface area contributed by atoms with Gasteiger partial charge in [-0.25, -0.2) is 0 Å². The number of alkyl halides is 2. The van der Waals surface area contributed by atoms with Gasteiger partial charge in [0.2, 0.25) is 0 Å². The second kappa shape index (κ2) is 6.17. The summed E-state index contributed by atoms with van der Waals surface area (Å²) in [7, 11) is 0. The molecule has 1 saturated heterocycles. The van der Waals surface area contributed by atoms with Gasteiger partial charge in [-0.15, -0.1) is 0 Å². The summed E-state index contributed by atoms with van der Waals surface area (Å²) in [6.07, 6.45) is 0.898. The number of nitrogens with two attached hydrogens (primary N) is 1. The number of halogens is 2. The van der Waals surface area contributed by atoms with Crippen LogP contribution in [0.4, 0.5) is 8.78 Å². The van der Waals surface area contributed by atoms with Crippen LogP contribution < -0.4 is 10.5 Å². The Labute approximate surface area is 116 Å². The minimum Gasteiger partial charge on any atom is -0.435 e. The van der Waals surface area contributed by atoms with Crippen LogP contribution in [0.25, 0.3) is 0 Å². The highest BCUT2D eigenvalue weighted by molar-refractivity contribution is 5.94. The van der Waals surface area contributed by atoms with Crippen LogP contribution in [-0.2, 0) is 0 Å². The summed E-state index contributed by atoms with van der Waals surface area (Å²) in [5.74, 6) is 0.276. The Morgan fingerprint density at radius 2 is 2.10 bits per heavy atom. The summed E-state index contributed by atoms with van der Waals surface area (Å²) in [4.78, 5) is 14.1. The minimum atomic E-state index is -2.86. The van der Waals surface area contributed by atoms with Crippen molar-refractivity contribution in [2.75, 3.05) is 13.1 Å². The number of hydrogen-bond donors (Lipinski definition) is 1. The summed E-state index contributed by atoms with van der Waals surface area (Å²) >= 11 is 0. The lowest BCUT2D eigenvalue weighted by Crippen LogP contribution is -2.34. The molecule has 0 spiro atoms. The molecule has 1 heterocycles. The zero-order chi connectivity index (χ0) is 14.7. The van der Waals surface area contributed by atoms with Crippen molar-refractivity contribution in [1.82, 2.24) is 4.90 Å². The standard InChI is InChI=1S/C14H18F2N2O2/c1-9-6-10(7-17)8-18(9)13(19)11-2-4-12(5-3-11)20-14(15)16/h2-5,9-10,14H,6-8,17H2,1H3. The Bertz CT molecular complexity index is 465. The normalized spacial score (nSPS) is 22.4. The fourth-order valence-electron chi connectivity index (χ4n) is 2.54. The van der Waals surface area contributed by atoms with Crippen molar-refractivity contribution in [2.45, 2.75) is 26.0 Å². The summed E-state index contributed by atoms with van der Waals surface area (Å²) in [6, 6.07) is 5.90. The van der Waals surface area contributed by atoms with Crippen LogP contribution in [0.3, 0.4) is 0 Å². The van der Waals surface area contributed by atoms with Crippen molar-refractivity contribution in [3.05, 3.63) is 29.8 Å². The van der Waals surface area contributed by atoms with E-state index in [9.17, 15) is 13.6 Å². The molecule has 0 radical (unpaired) electrons. The van der Waals surface area contributed by atoms with Gasteiger partial charge >= 0.3 is 6.61 Å². The zero-order valence-electron chi connectivity index (χ0n) is 11.3. The second-order valence-corrected chi connectivity index (χ2v) is 5.05. The van der Waals surface area contributed by atoms with E-state index >= 15 is 0 Å². The van der Waals surface area contributed by atoms with E-state index in [-0.39, 0.29) is 17.7 Å². The van der Waals surface area contributed by atoms with Gasteiger partial charge in [0.1, 0.15) is 5.75 Å². The van der Waals surface area contributed by atoms with Crippen molar-refractivity contribution in [3.63, 3.8) is 0 Å². The molecular weight excluding hydrogens is 266 g/mol. The molecule has 2 atom stereocenters. The van der Waals surface area contributed by atoms with Crippen LogP contribution >= 0.6 is 0 Å². The van der Waals surface area contributed by atoms with Crippen LogP contribution in [0, 0.1) is 5.92 Å². The Balaban J connectivity index is 2.06. The van der Waals surface area contributed by atoms with E-state index in [0.29, 0.717) is 24.6 Å². The van der Waals surface area contributed by atoms with E-state index in [1.807, 2.05) is 6.92 Å². The number of carbonyl (C=O) groups excluding carboxylic acids is 1. The third-order valence-corrected chi connectivity index (χ3v) is 3.58. The zero-order valence-corrected chi connectivity index (χ0v) is 11.3. The van der Waals surface area contributed by atoms with Crippen LogP contribution in [0.1, 0.15) is 23.7 Å². The average molecular weight is 284 g/mol. The number of likely N-dealkylation sites (tertiary alicyclic amines) is 1. The Morgan fingerprint density at radius 3 is 2.60 bits per heavy atom. The number of benzene rings is 1. The highest BCUT2D eigenvalue weighted by Crippen LogP contribution is 2.25. The first-order valence-electron chi connectivity index (χ1n) is 6.57. The smallest absolute Gasteiger partial charge is 0.387 e. The quantitative estimate of drug-likeness (QED) is 0.921. The first-order chi connectivity index (χ1) is 9.51. The van der Waals surface area contributed by atoms with Gasteiger partial charge in [0.15, 0.2) is 0 Å². The second-order valence-electron chi connectivity index (χ2n) is 5.05. The Kier molecular flexibility index (Phi) is 4.54. The molecule has 1 aromatic carbocycles. The Morgan fingerprint density at radius 1 is 1.45 bits per heavy atom. The molecule has 2 N–H and O–H groups in total. The van der Waals surface area contributed by atoms with E-state index in [1.54, 1.807) is 4.90 Å².